The van der Waals surface area contributed by atoms with Crippen LogP contribution >= 0.6 is 27.5 Å². The van der Waals surface area contributed by atoms with E-state index in [1.807, 2.05) is 0 Å². The Balaban J connectivity index is 2.89. The molecule has 2 rings (SSSR count). The molecule has 0 unspecified atom stereocenters. The number of methoxy groups -OCH3 is 1. The van der Waals surface area contributed by atoms with E-state index in [-0.39, 0.29) is 26.0 Å². The average molecular weight is 337 g/mol. The predicted octanol–water partition coefficient (Wildman–Crippen LogP) is 3.72. The van der Waals surface area contributed by atoms with Crippen molar-refractivity contribution < 1.29 is 18.3 Å². The Kier molecular flexibility index (Phi) is 3.49. The molecule has 0 bridgehead atoms. The number of hydrogen-bond acceptors (Lipinski definition) is 3. The first kappa shape index (κ1) is 13.2. The van der Waals surface area contributed by atoms with Gasteiger partial charge in [0.15, 0.2) is 5.82 Å². The van der Waals surface area contributed by atoms with Crippen LogP contribution in [0.4, 0.5) is 8.78 Å². The molecule has 1 aromatic heterocycles. The quantitative estimate of drug-likeness (QED) is 0.588. The Morgan fingerprint density at radius 1 is 1.50 bits per heavy atom. The van der Waals surface area contributed by atoms with Crippen molar-refractivity contribution in [3.63, 3.8) is 0 Å². The van der Waals surface area contributed by atoms with Gasteiger partial charge in [0.25, 0.3) is 0 Å². The van der Waals surface area contributed by atoms with Gasteiger partial charge in [-0.15, -0.1) is 0 Å². The zero-order valence-electron chi connectivity index (χ0n) is 8.93. The Bertz CT molecular complexity index is 663. The lowest BCUT2D eigenvalue weighted by Crippen LogP contribution is -2.04. The summed E-state index contributed by atoms with van der Waals surface area (Å²) < 4.78 is 31.9. The lowest BCUT2D eigenvalue weighted by atomic mass is 10.1. The number of halogens is 4. The second-order valence-electron chi connectivity index (χ2n) is 3.36. The van der Waals surface area contributed by atoms with E-state index >= 15 is 0 Å². The van der Waals surface area contributed by atoms with E-state index in [2.05, 4.69) is 25.7 Å². The fourth-order valence-electron chi connectivity index (χ4n) is 1.48. The summed E-state index contributed by atoms with van der Waals surface area (Å²) in [4.78, 5) is 15.1. The predicted molar refractivity (Wildman–Crippen MR) is 65.7 cm³/mol. The first-order valence-corrected chi connectivity index (χ1v) is 5.84. The first-order chi connectivity index (χ1) is 8.47. The molecule has 7 heteroatoms. The monoisotopic (exact) mass is 335 g/mol. The molecule has 0 aliphatic rings. The number of pyridine rings is 1. The summed E-state index contributed by atoms with van der Waals surface area (Å²) in [6, 6.07) is 0.943. The summed E-state index contributed by atoms with van der Waals surface area (Å²) in [5, 5.41) is -0.490. The third kappa shape index (κ3) is 1.95. The number of hydrogen-bond donors (Lipinski definition) is 0. The number of rotatable bonds is 1. The second kappa shape index (κ2) is 4.78. The van der Waals surface area contributed by atoms with E-state index in [4.69, 9.17) is 11.6 Å². The van der Waals surface area contributed by atoms with Gasteiger partial charge in [0, 0.05) is 6.20 Å². The van der Waals surface area contributed by atoms with Gasteiger partial charge >= 0.3 is 5.97 Å². The van der Waals surface area contributed by atoms with Crippen LogP contribution in [0.1, 0.15) is 10.4 Å². The number of carbonyl (C=O) groups is 1. The third-order valence-corrected chi connectivity index (χ3v) is 3.30. The molecule has 0 atom stereocenters. The van der Waals surface area contributed by atoms with Crippen molar-refractivity contribution in [3.05, 3.63) is 39.0 Å². The van der Waals surface area contributed by atoms with Crippen molar-refractivity contribution in [1.29, 1.82) is 0 Å². The molecule has 1 aromatic carbocycles. The minimum atomic E-state index is -0.783. The Morgan fingerprint density at radius 2 is 2.17 bits per heavy atom. The summed E-state index contributed by atoms with van der Waals surface area (Å²) in [7, 11) is 1.15. The fourth-order valence-corrected chi connectivity index (χ4v) is 2.18. The van der Waals surface area contributed by atoms with E-state index in [0.717, 1.165) is 19.4 Å². The molecular formula is C11H5BrClF2NO2. The van der Waals surface area contributed by atoms with Crippen LogP contribution in [0.15, 0.2) is 16.7 Å². The van der Waals surface area contributed by atoms with Crippen LogP contribution in [0.2, 0.25) is 5.02 Å². The summed E-state index contributed by atoms with van der Waals surface area (Å²) in [5.41, 5.74) is -0.364. The SMILES string of the molecule is COC(=O)c1cnc2c(F)cc(Br)c(F)c2c1Cl. The number of ether oxygens (including phenoxy) is 1. The molecule has 18 heavy (non-hydrogen) atoms. The molecule has 3 nitrogen and oxygen atoms in total. The summed E-state index contributed by atoms with van der Waals surface area (Å²) in [6.07, 6.45) is 1.05. The molecule has 0 saturated carbocycles. The van der Waals surface area contributed by atoms with Crippen LogP contribution in [0.5, 0.6) is 0 Å². The highest BCUT2D eigenvalue weighted by Gasteiger charge is 2.20. The molecule has 0 aliphatic heterocycles. The molecule has 0 spiro atoms. The van der Waals surface area contributed by atoms with Gasteiger partial charge in [-0.05, 0) is 22.0 Å². The van der Waals surface area contributed by atoms with Crippen LogP contribution in [0.3, 0.4) is 0 Å². The zero-order valence-corrected chi connectivity index (χ0v) is 11.3. The van der Waals surface area contributed by atoms with Crippen LogP contribution in [0.25, 0.3) is 10.9 Å². The van der Waals surface area contributed by atoms with Crippen LogP contribution in [-0.4, -0.2) is 18.1 Å². The summed E-state index contributed by atoms with van der Waals surface area (Å²) >= 11 is 8.76. The van der Waals surface area contributed by atoms with Crippen molar-refractivity contribution in [2.24, 2.45) is 0 Å². The van der Waals surface area contributed by atoms with Crippen molar-refractivity contribution in [1.82, 2.24) is 4.98 Å². The Hall–Kier alpha value is -1.27. The molecule has 0 radical (unpaired) electrons. The van der Waals surface area contributed by atoms with Crippen molar-refractivity contribution in [2.45, 2.75) is 0 Å². The molecule has 0 saturated heterocycles. The van der Waals surface area contributed by atoms with Crippen molar-refractivity contribution >= 4 is 44.4 Å². The largest absolute Gasteiger partial charge is 0.465 e. The highest BCUT2D eigenvalue weighted by Crippen LogP contribution is 2.33. The minimum Gasteiger partial charge on any atom is -0.465 e. The van der Waals surface area contributed by atoms with Gasteiger partial charge in [-0.25, -0.2) is 13.6 Å². The van der Waals surface area contributed by atoms with E-state index < -0.39 is 17.6 Å². The third-order valence-electron chi connectivity index (χ3n) is 2.33. The lowest BCUT2D eigenvalue weighted by molar-refractivity contribution is 0.0600. The maximum absolute atomic E-state index is 13.9. The molecular weight excluding hydrogens is 331 g/mol. The van der Waals surface area contributed by atoms with Gasteiger partial charge in [0.05, 0.1) is 27.6 Å². The summed E-state index contributed by atoms with van der Waals surface area (Å²) in [5.74, 6) is -2.29. The van der Waals surface area contributed by atoms with E-state index in [0.29, 0.717) is 0 Å². The van der Waals surface area contributed by atoms with Gasteiger partial charge in [0.2, 0.25) is 0 Å². The Labute approximate surface area is 114 Å². The minimum absolute atomic E-state index is 0.0989. The van der Waals surface area contributed by atoms with Crippen LogP contribution < -0.4 is 0 Å². The topological polar surface area (TPSA) is 39.2 Å². The number of nitrogens with zero attached hydrogens (tertiary/aromatic N) is 1. The lowest BCUT2D eigenvalue weighted by Gasteiger charge is -2.08. The van der Waals surface area contributed by atoms with Gasteiger partial charge in [-0.3, -0.25) is 4.98 Å². The number of aromatic nitrogens is 1. The van der Waals surface area contributed by atoms with Gasteiger partial charge in [0.1, 0.15) is 11.3 Å². The average Bonchev–Trinajstić information content (AvgIpc) is 2.35. The van der Waals surface area contributed by atoms with Crippen molar-refractivity contribution in [3.8, 4) is 0 Å². The summed E-state index contributed by atoms with van der Waals surface area (Å²) in [6.45, 7) is 0. The second-order valence-corrected chi connectivity index (χ2v) is 4.59. The molecule has 94 valence electrons. The van der Waals surface area contributed by atoms with Gasteiger partial charge < -0.3 is 4.74 Å². The normalized spacial score (nSPS) is 10.7. The molecule has 0 fully saturated rings. The number of fused-ring (bicyclic) bond motifs is 1. The van der Waals surface area contributed by atoms with E-state index in [1.165, 1.54) is 0 Å². The maximum Gasteiger partial charge on any atom is 0.340 e. The van der Waals surface area contributed by atoms with E-state index in [9.17, 15) is 13.6 Å². The van der Waals surface area contributed by atoms with E-state index in [1.54, 1.807) is 0 Å². The molecule has 0 aliphatic carbocycles. The van der Waals surface area contributed by atoms with Gasteiger partial charge in [-0.1, -0.05) is 11.6 Å². The standard InChI is InChI=1S/C11H5BrClF2NO2/c1-18-11(17)4-3-16-10-6(14)2-5(12)9(15)7(10)8(4)13/h2-3H,1H3. The number of carbonyl (C=O) groups excluding carboxylic acids is 1. The smallest absolute Gasteiger partial charge is 0.340 e. The zero-order chi connectivity index (χ0) is 13.4. The van der Waals surface area contributed by atoms with Crippen LogP contribution in [0, 0.1) is 11.6 Å². The number of benzene rings is 1. The Morgan fingerprint density at radius 3 is 2.78 bits per heavy atom. The molecule has 1 heterocycles. The molecule has 2 aromatic rings. The number of esters is 1. The highest BCUT2D eigenvalue weighted by molar-refractivity contribution is 9.10. The van der Waals surface area contributed by atoms with Gasteiger partial charge in [-0.2, -0.15) is 0 Å². The van der Waals surface area contributed by atoms with Crippen LogP contribution in [-0.2, 0) is 4.74 Å². The molecule has 0 N–H and O–H groups in total. The maximum atomic E-state index is 13.9. The highest BCUT2D eigenvalue weighted by atomic mass is 79.9. The molecule has 0 amide bonds. The van der Waals surface area contributed by atoms with Crippen molar-refractivity contribution in [2.75, 3.05) is 7.11 Å². The first-order valence-electron chi connectivity index (χ1n) is 4.67. The fraction of sp³-hybridized carbons (Fsp3) is 0.0909.